The van der Waals surface area contributed by atoms with Crippen molar-refractivity contribution in [3.8, 4) is 0 Å². The minimum atomic E-state index is 1.03. The molecule has 1 heteroatoms. The topological polar surface area (TPSA) is 12.4 Å². The van der Waals surface area contributed by atoms with Crippen molar-refractivity contribution in [3.05, 3.63) is 114 Å². The predicted molar refractivity (Wildman–Crippen MR) is 140 cm³/mol. The Morgan fingerprint density at radius 2 is 1.16 bits per heavy atom. The first kappa shape index (κ1) is 18.8. The smallest absolute Gasteiger partial charge is 0.0451 e. The van der Waals surface area contributed by atoms with Gasteiger partial charge in [0.15, 0.2) is 0 Å². The Hall–Kier alpha value is -3.97. The van der Waals surface area contributed by atoms with E-state index in [9.17, 15) is 0 Å². The van der Waals surface area contributed by atoms with E-state index < -0.39 is 0 Å². The highest BCUT2D eigenvalue weighted by Gasteiger charge is 2.14. The first-order valence-corrected chi connectivity index (χ1v) is 11.1. The van der Waals surface area contributed by atoms with E-state index in [1.165, 1.54) is 54.2 Å². The molecule has 0 radical (unpaired) electrons. The maximum Gasteiger partial charge on any atom is 0.0451 e. The Labute approximate surface area is 187 Å². The standard InChI is InChI=1S/C31H23N/c1-20(22-9-4-3-5-10-22)19-32-21(2)24-17-18-29-27-14-7-12-23-11-6-13-26(30(23)27)28-16-8-15-25(24)31(28)29/h3-19H,1-2H3/b20-19+,32-21?. The van der Waals surface area contributed by atoms with Crippen LogP contribution < -0.4 is 0 Å². The monoisotopic (exact) mass is 409 g/mol. The Morgan fingerprint density at radius 3 is 1.88 bits per heavy atom. The van der Waals surface area contributed by atoms with Crippen LogP contribution in [-0.4, -0.2) is 5.71 Å². The molecule has 32 heavy (non-hydrogen) atoms. The third-order valence-electron chi connectivity index (χ3n) is 6.60. The molecular formula is C31H23N. The van der Waals surface area contributed by atoms with Crippen LogP contribution in [-0.2, 0) is 0 Å². The molecule has 0 bridgehead atoms. The summed E-state index contributed by atoms with van der Waals surface area (Å²) in [5.74, 6) is 0. The third-order valence-corrected chi connectivity index (χ3v) is 6.60. The molecule has 6 aromatic rings. The summed E-state index contributed by atoms with van der Waals surface area (Å²) in [6.45, 7) is 4.22. The molecule has 0 saturated carbocycles. The SMILES string of the molecule is CC(=N/C=C(\C)c1ccccc1)c1ccc2c3cccc4cccc(c5cccc1c52)c43. The molecule has 0 unspecified atom stereocenters. The van der Waals surface area contributed by atoms with Gasteiger partial charge in [-0.1, -0.05) is 97.1 Å². The normalized spacial score (nSPS) is 13.1. The Kier molecular flexibility index (Phi) is 4.29. The van der Waals surface area contributed by atoms with Crippen molar-refractivity contribution in [2.45, 2.75) is 13.8 Å². The molecule has 0 N–H and O–H groups in total. The summed E-state index contributed by atoms with van der Waals surface area (Å²) < 4.78 is 0. The highest BCUT2D eigenvalue weighted by molar-refractivity contribution is 6.34. The molecule has 152 valence electrons. The van der Waals surface area contributed by atoms with Gasteiger partial charge in [-0.05, 0) is 68.1 Å². The van der Waals surface area contributed by atoms with Gasteiger partial charge < -0.3 is 0 Å². The lowest BCUT2D eigenvalue weighted by molar-refractivity contribution is 1.47. The van der Waals surface area contributed by atoms with E-state index in [-0.39, 0.29) is 0 Å². The van der Waals surface area contributed by atoms with Crippen LogP contribution in [0.1, 0.15) is 25.0 Å². The molecule has 0 aliphatic rings. The minimum Gasteiger partial charge on any atom is -0.261 e. The summed E-state index contributed by atoms with van der Waals surface area (Å²) in [5.41, 5.74) is 4.58. The summed E-state index contributed by atoms with van der Waals surface area (Å²) in [7, 11) is 0. The van der Waals surface area contributed by atoms with E-state index >= 15 is 0 Å². The average molecular weight is 410 g/mol. The van der Waals surface area contributed by atoms with Gasteiger partial charge in [0, 0.05) is 17.5 Å². The molecule has 0 aromatic heterocycles. The molecule has 0 aliphatic carbocycles. The van der Waals surface area contributed by atoms with Crippen LogP contribution in [0.15, 0.2) is 108 Å². The number of allylic oxidation sites excluding steroid dienone is 1. The molecule has 0 fully saturated rings. The van der Waals surface area contributed by atoms with E-state index in [0.717, 1.165) is 11.3 Å². The van der Waals surface area contributed by atoms with Gasteiger partial charge >= 0.3 is 0 Å². The van der Waals surface area contributed by atoms with Crippen molar-refractivity contribution in [3.63, 3.8) is 0 Å². The molecule has 1 nitrogen and oxygen atoms in total. The number of fused-ring (bicyclic) bond motifs is 2. The predicted octanol–water partition coefficient (Wildman–Crippen LogP) is 8.61. The zero-order valence-electron chi connectivity index (χ0n) is 18.3. The zero-order valence-corrected chi connectivity index (χ0v) is 18.3. The van der Waals surface area contributed by atoms with E-state index in [1.807, 2.05) is 12.3 Å². The van der Waals surface area contributed by atoms with Crippen LogP contribution in [0.4, 0.5) is 0 Å². The second-order valence-electron chi connectivity index (χ2n) is 8.49. The van der Waals surface area contributed by atoms with Crippen molar-refractivity contribution < 1.29 is 0 Å². The van der Waals surface area contributed by atoms with Crippen molar-refractivity contribution in [2.75, 3.05) is 0 Å². The highest BCUT2D eigenvalue weighted by atomic mass is 14.7. The lowest BCUT2D eigenvalue weighted by Gasteiger charge is -2.16. The zero-order chi connectivity index (χ0) is 21.7. The second kappa shape index (κ2) is 7.32. The molecule has 0 heterocycles. The van der Waals surface area contributed by atoms with Crippen LogP contribution in [0.5, 0.6) is 0 Å². The van der Waals surface area contributed by atoms with E-state index in [4.69, 9.17) is 4.99 Å². The Bertz CT molecular complexity index is 1620. The van der Waals surface area contributed by atoms with Gasteiger partial charge in [0.25, 0.3) is 0 Å². The fraction of sp³-hybridized carbons (Fsp3) is 0.0645. The summed E-state index contributed by atoms with van der Waals surface area (Å²) in [6, 6.07) is 34.8. The Morgan fingerprint density at radius 1 is 0.562 bits per heavy atom. The molecule has 0 spiro atoms. The molecular weight excluding hydrogens is 386 g/mol. The number of rotatable bonds is 3. The van der Waals surface area contributed by atoms with Gasteiger partial charge in [-0.3, -0.25) is 4.99 Å². The van der Waals surface area contributed by atoms with Crippen molar-refractivity contribution in [2.24, 2.45) is 4.99 Å². The lowest BCUT2D eigenvalue weighted by atomic mass is 9.88. The largest absolute Gasteiger partial charge is 0.261 e. The van der Waals surface area contributed by atoms with Gasteiger partial charge in [-0.15, -0.1) is 0 Å². The van der Waals surface area contributed by atoms with Gasteiger partial charge in [-0.25, -0.2) is 0 Å². The van der Waals surface area contributed by atoms with E-state index in [2.05, 4.69) is 105 Å². The fourth-order valence-electron chi connectivity index (χ4n) is 5.00. The van der Waals surface area contributed by atoms with Crippen molar-refractivity contribution in [1.82, 2.24) is 0 Å². The van der Waals surface area contributed by atoms with Gasteiger partial charge in [0.1, 0.15) is 0 Å². The van der Waals surface area contributed by atoms with Crippen molar-refractivity contribution >= 4 is 54.4 Å². The summed E-state index contributed by atoms with van der Waals surface area (Å²) in [5, 5.41) is 10.5. The first-order chi connectivity index (χ1) is 15.7. The third kappa shape index (κ3) is 2.82. The van der Waals surface area contributed by atoms with Gasteiger partial charge in [0.05, 0.1) is 0 Å². The lowest BCUT2D eigenvalue weighted by Crippen LogP contribution is -1.97. The highest BCUT2D eigenvalue weighted by Crippen LogP contribution is 2.41. The molecule has 0 saturated heterocycles. The summed E-state index contributed by atoms with van der Waals surface area (Å²) in [6.07, 6.45) is 1.98. The van der Waals surface area contributed by atoms with Crippen LogP contribution >= 0.6 is 0 Å². The number of hydrogen-bond acceptors (Lipinski definition) is 1. The Balaban J connectivity index is 1.60. The second-order valence-corrected chi connectivity index (χ2v) is 8.49. The summed E-state index contributed by atoms with van der Waals surface area (Å²) in [4.78, 5) is 4.86. The quantitative estimate of drug-likeness (QED) is 0.158. The van der Waals surface area contributed by atoms with Crippen LogP contribution in [0, 0.1) is 0 Å². The van der Waals surface area contributed by atoms with Crippen LogP contribution in [0.2, 0.25) is 0 Å². The van der Waals surface area contributed by atoms with Gasteiger partial charge in [-0.2, -0.15) is 0 Å². The summed E-state index contributed by atoms with van der Waals surface area (Å²) >= 11 is 0. The molecule has 0 amide bonds. The average Bonchev–Trinajstić information content (AvgIpc) is 2.85. The fourth-order valence-corrected chi connectivity index (χ4v) is 5.00. The molecule has 6 rings (SSSR count). The van der Waals surface area contributed by atoms with Crippen LogP contribution in [0.3, 0.4) is 0 Å². The number of nitrogens with zero attached hydrogens (tertiary/aromatic N) is 1. The van der Waals surface area contributed by atoms with Gasteiger partial charge in [0.2, 0.25) is 0 Å². The van der Waals surface area contributed by atoms with Crippen LogP contribution in [0.25, 0.3) is 48.7 Å². The number of aliphatic imine (C=N–C) groups is 1. The molecule has 0 atom stereocenters. The van der Waals surface area contributed by atoms with E-state index in [0.29, 0.717) is 0 Å². The maximum atomic E-state index is 4.86. The molecule has 6 aromatic carbocycles. The number of benzene rings is 6. The number of hydrogen-bond donors (Lipinski definition) is 0. The maximum absolute atomic E-state index is 4.86. The minimum absolute atomic E-state index is 1.03. The van der Waals surface area contributed by atoms with Crippen molar-refractivity contribution in [1.29, 1.82) is 0 Å². The molecule has 0 aliphatic heterocycles. The van der Waals surface area contributed by atoms with E-state index in [1.54, 1.807) is 0 Å². The first-order valence-electron chi connectivity index (χ1n) is 11.1.